The number of nitrogens with one attached hydrogen (secondary N) is 1. The van der Waals surface area contributed by atoms with E-state index in [4.69, 9.17) is 21.7 Å². The Kier molecular flexibility index (Phi) is 2.41. The Hall–Kier alpha value is -1.49. The van der Waals surface area contributed by atoms with Gasteiger partial charge in [0.25, 0.3) is 0 Å². The van der Waals surface area contributed by atoms with Crippen molar-refractivity contribution in [2.24, 2.45) is 0 Å². The molecule has 4 nitrogen and oxygen atoms in total. The predicted molar refractivity (Wildman–Crippen MR) is 72.9 cm³/mol. The van der Waals surface area contributed by atoms with Crippen LogP contribution in [0, 0.1) is 0 Å². The van der Waals surface area contributed by atoms with Crippen LogP contribution in [0.5, 0.6) is 11.5 Å². The van der Waals surface area contributed by atoms with Gasteiger partial charge in [-0.1, -0.05) is 0 Å². The Morgan fingerprint density at radius 2 is 2.33 bits per heavy atom. The van der Waals surface area contributed by atoms with Crippen molar-refractivity contribution in [3.05, 3.63) is 23.8 Å². The van der Waals surface area contributed by atoms with Crippen LogP contribution in [-0.4, -0.2) is 29.9 Å². The van der Waals surface area contributed by atoms with E-state index in [9.17, 15) is 0 Å². The summed E-state index contributed by atoms with van der Waals surface area (Å²) in [6, 6.07) is 6.14. The molecule has 0 aromatic heterocycles. The fraction of sp³-hybridized carbons (Fsp3) is 0.462. The van der Waals surface area contributed by atoms with Crippen LogP contribution in [0.2, 0.25) is 0 Å². The zero-order valence-corrected chi connectivity index (χ0v) is 11.5. The average molecular weight is 264 g/mol. The third-order valence-electron chi connectivity index (χ3n) is 3.82. The van der Waals surface area contributed by atoms with E-state index in [1.54, 1.807) is 7.11 Å². The van der Waals surface area contributed by atoms with Gasteiger partial charge in [-0.2, -0.15) is 0 Å². The summed E-state index contributed by atoms with van der Waals surface area (Å²) in [5.41, 5.74) is 0.760. The summed E-state index contributed by atoms with van der Waals surface area (Å²) in [5, 5.41) is 4.08. The summed E-state index contributed by atoms with van der Waals surface area (Å²) in [7, 11) is 3.61. The Balaban J connectivity index is 2.08. The molecule has 1 N–H and O–H groups in total. The number of methoxy groups -OCH3 is 1. The van der Waals surface area contributed by atoms with Crippen molar-refractivity contribution in [1.29, 1.82) is 0 Å². The second-order valence-electron chi connectivity index (χ2n) is 4.95. The summed E-state index contributed by atoms with van der Waals surface area (Å²) >= 11 is 5.34. The molecule has 0 amide bonds. The molecule has 0 saturated carbocycles. The minimum absolute atomic E-state index is 0.216. The molecule has 2 aliphatic heterocycles. The van der Waals surface area contributed by atoms with Crippen LogP contribution in [0.25, 0.3) is 0 Å². The summed E-state index contributed by atoms with van der Waals surface area (Å²) in [6.45, 7) is 2.07. The van der Waals surface area contributed by atoms with Gasteiger partial charge in [0.05, 0.1) is 13.2 Å². The Labute approximate surface area is 112 Å². The Bertz CT molecular complexity index is 520. The van der Waals surface area contributed by atoms with E-state index in [0.29, 0.717) is 0 Å². The van der Waals surface area contributed by atoms with Gasteiger partial charge in [0, 0.05) is 25.1 Å². The van der Waals surface area contributed by atoms with E-state index < -0.39 is 0 Å². The largest absolute Gasteiger partial charge is 0.497 e. The molecule has 18 heavy (non-hydrogen) atoms. The monoisotopic (exact) mass is 264 g/mol. The Morgan fingerprint density at radius 3 is 3.06 bits per heavy atom. The normalized spacial score (nSPS) is 29.2. The second kappa shape index (κ2) is 3.75. The first-order valence-electron chi connectivity index (χ1n) is 5.95. The topological polar surface area (TPSA) is 33.7 Å². The standard InChI is InChI=1S/C13H16N2O2S/c1-13-7-10(14-12(18)15(13)2)9-5-4-8(16-3)6-11(9)17-13/h4-6,10H,7H2,1-3H3,(H,14,18). The van der Waals surface area contributed by atoms with Crippen LogP contribution in [0.4, 0.5) is 0 Å². The number of nitrogens with zero attached hydrogens (tertiary/aromatic N) is 1. The highest BCUT2D eigenvalue weighted by atomic mass is 32.1. The quantitative estimate of drug-likeness (QED) is 0.785. The number of rotatable bonds is 1. The van der Waals surface area contributed by atoms with Crippen molar-refractivity contribution in [2.75, 3.05) is 14.2 Å². The molecule has 0 spiro atoms. The minimum atomic E-state index is -0.383. The fourth-order valence-electron chi connectivity index (χ4n) is 2.58. The maximum atomic E-state index is 6.13. The van der Waals surface area contributed by atoms with Gasteiger partial charge in [0.15, 0.2) is 10.8 Å². The van der Waals surface area contributed by atoms with E-state index in [2.05, 4.69) is 12.2 Å². The van der Waals surface area contributed by atoms with E-state index in [-0.39, 0.29) is 11.8 Å². The number of benzene rings is 1. The molecular formula is C13H16N2O2S. The molecule has 2 aliphatic rings. The molecule has 96 valence electrons. The molecule has 0 radical (unpaired) electrons. The van der Waals surface area contributed by atoms with E-state index in [0.717, 1.165) is 28.6 Å². The van der Waals surface area contributed by atoms with E-state index in [1.807, 2.05) is 30.1 Å². The molecule has 2 bridgehead atoms. The third-order valence-corrected chi connectivity index (χ3v) is 4.21. The molecule has 1 aromatic carbocycles. The van der Waals surface area contributed by atoms with E-state index >= 15 is 0 Å². The fourth-order valence-corrected chi connectivity index (χ4v) is 2.92. The van der Waals surface area contributed by atoms with Gasteiger partial charge in [-0.15, -0.1) is 0 Å². The van der Waals surface area contributed by atoms with Crippen molar-refractivity contribution in [3.63, 3.8) is 0 Å². The maximum absolute atomic E-state index is 6.13. The van der Waals surface area contributed by atoms with Crippen molar-refractivity contribution in [2.45, 2.75) is 25.1 Å². The molecule has 5 heteroatoms. The van der Waals surface area contributed by atoms with Crippen LogP contribution >= 0.6 is 12.2 Å². The smallest absolute Gasteiger partial charge is 0.183 e. The van der Waals surface area contributed by atoms with Gasteiger partial charge < -0.3 is 19.7 Å². The third kappa shape index (κ3) is 1.54. The van der Waals surface area contributed by atoms with Crippen LogP contribution < -0.4 is 14.8 Å². The van der Waals surface area contributed by atoms with Gasteiger partial charge in [0.2, 0.25) is 0 Å². The average Bonchev–Trinajstić information content (AvgIpc) is 2.35. The van der Waals surface area contributed by atoms with Gasteiger partial charge in [-0.3, -0.25) is 0 Å². The molecule has 0 aliphatic carbocycles. The van der Waals surface area contributed by atoms with Crippen LogP contribution in [-0.2, 0) is 0 Å². The molecule has 2 atom stereocenters. The molecular weight excluding hydrogens is 248 g/mol. The summed E-state index contributed by atoms with van der Waals surface area (Å²) in [5.74, 6) is 1.68. The van der Waals surface area contributed by atoms with Crippen LogP contribution in [0.3, 0.4) is 0 Å². The van der Waals surface area contributed by atoms with Gasteiger partial charge in [-0.25, -0.2) is 0 Å². The first kappa shape index (κ1) is 11.6. The number of ether oxygens (including phenoxy) is 2. The first-order chi connectivity index (χ1) is 8.53. The van der Waals surface area contributed by atoms with Crippen molar-refractivity contribution in [1.82, 2.24) is 10.2 Å². The molecule has 3 rings (SSSR count). The number of hydrogen-bond acceptors (Lipinski definition) is 3. The minimum Gasteiger partial charge on any atom is -0.497 e. The first-order valence-corrected chi connectivity index (χ1v) is 6.35. The lowest BCUT2D eigenvalue weighted by atomic mass is 9.91. The summed E-state index contributed by atoms with van der Waals surface area (Å²) < 4.78 is 11.4. The van der Waals surface area contributed by atoms with Crippen molar-refractivity contribution in [3.8, 4) is 11.5 Å². The van der Waals surface area contributed by atoms with Gasteiger partial charge in [0.1, 0.15) is 11.5 Å². The van der Waals surface area contributed by atoms with Gasteiger partial charge in [-0.05, 0) is 31.3 Å². The number of thiocarbonyl (C=S) groups is 1. The lowest BCUT2D eigenvalue weighted by Gasteiger charge is -2.50. The van der Waals surface area contributed by atoms with Crippen LogP contribution in [0.1, 0.15) is 24.9 Å². The summed E-state index contributed by atoms with van der Waals surface area (Å²) in [4.78, 5) is 1.97. The molecule has 2 unspecified atom stereocenters. The molecule has 2 heterocycles. The van der Waals surface area contributed by atoms with Gasteiger partial charge >= 0.3 is 0 Å². The molecule has 1 aromatic rings. The number of fused-ring (bicyclic) bond motifs is 4. The predicted octanol–water partition coefficient (Wildman–Crippen LogP) is 2.05. The van der Waals surface area contributed by atoms with Crippen molar-refractivity contribution >= 4 is 17.3 Å². The lowest BCUT2D eigenvalue weighted by Crippen LogP contribution is -2.63. The highest BCUT2D eigenvalue weighted by Gasteiger charge is 2.45. The number of hydrogen-bond donors (Lipinski definition) is 1. The lowest BCUT2D eigenvalue weighted by molar-refractivity contribution is -0.0563. The highest BCUT2D eigenvalue weighted by molar-refractivity contribution is 7.80. The zero-order chi connectivity index (χ0) is 12.9. The molecule has 1 saturated heterocycles. The highest BCUT2D eigenvalue weighted by Crippen LogP contribution is 2.44. The van der Waals surface area contributed by atoms with Crippen LogP contribution in [0.15, 0.2) is 18.2 Å². The Morgan fingerprint density at radius 1 is 1.56 bits per heavy atom. The summed E-state index contributed by atoms with van der Waals surface area (Å²) in [6.07, 6.45) is 0.878. The molecule has 1 fully saturated rings. The SMILES string of the molecule is COc1ccc2c(c1)OC1(C)CC2NC(=S)N1C. The zero-order valence-electron chi connectivity index (χ0n) is 10.7. The second-order valence-corrected chi connectivity index (χ2v) is 5.33. The van der Waals surface area contributed by atoms with E-state index in [1.165, 1.54) is 0 Å². The maximum Gasteiger partial charge on any atom is 0.183 e. The van der Waals surface area contributed by atoms with Crippen molar-refractivity contribution < 1.29 is 9.47 Å².